The fraction of sp³-hybridized carbons (Fsp3) is 0.500. The molecule has 0 aliphatic carbocycles. The van der Waals surface area contributed by atoms with E-state index in [4.69, 9.17) is 21.1 Å². The highest BCUT2D eigenvalue weighted by Crippen LogP contribution is 2.39. The maximum Gasteiger partial charge on any atom is 0.179 e. The third kappa shape index (κ3) is 2.65. The number of hydrogen-bond donors (Lipinski definition) is 2. The molecule has 2 N–H and O–H groups in total. The Morgan fingerprint density at radius 3 is 2.88 bits per heavy atom. The third-order valence-electron chi connectivity index (χ3n) is 2.65. The molecule has 0 amide bonds. The van der Waals surface area contributed by atoms with E-state index in [2.05, 4.69) is 5.32 Å². The predicted molar refractivity (Wildman–Crippen MR) is 65.9 cm³/mol. The zero-order valence-corrected chi connectivity index (χ0v) is 10.5. The minimum absolute atomic E-state index is 0.0177. The van der Waals surface area contributed by atoms with E-state index in [1.165, 1.54) is 0 Å². The zero-order valence-electron chi connectivity index (χ0n) is 9.70. The number of halogens is 1. The van der Waals surface area contributed by atoms with Crippen LogP contribution in [-0.2, 0) is 0 Å². The van der Waals surface area contributed by atoms with Crippen molar-refractivity contribution in [3.05, 3.63) is 22.7 Å². The summed E-state index contributed by atoms with van der Waals surface area (Å²) in [6.45, 7) is 3.82. The van der Waals surface area contributed by atoms with Crippen molar-refractivity contribution >= 4 is 11.6 Å². The smallest absolute Gasteiger partial charge is 0.179 e. The van der Waals surface area contributed by atoms with Crippen LogP contribution in [0.3, 0.4) is 0 Å². The molecular formula is C12H16ClNO3. The number of hydrogen-bond acceptors (Lipinski definition) is 4. The topological polar surface area (TPSA) is 50.7 Å². The van der Waals surface area contributed by atoms with Gasteiger partial charge in [0.1, 0.15) is 13.2 Å². The Hall–Kier alpha value is -0.970. The maximum absolute atomic E-state index is 9.33. The summed E-state index contributed by atoms with van der Waals surface area (Å²) in [7, 11) is 0. The molecule has 1 heterocycles. The number of nitrogens with one attached hydrogen (secondary N) is 1. The lowest BCUT2D eigenvalue weighted by molar-refractivity contribution is 0.171. The second kappa shape index (κ2) is 5.58. The van der Waals surface area contributed by atoms with Crippen molar-refractivity contribution in [1.29, 1.82) is 0 Å². The summed E-state index contributed by atoms with van der Waals surface area (Å²) >= 11 is 6.13. The van der Waals surface area contributed by atoms with Gasteiger partial charge in [0.15, 0.2) is 11.5 Å². The van der Waals surface area contributed by atoms with Gasteiger partial charge < -0.3 is 19.9 Å². The van der Waals surface area contributed by atoms with Gasteiger partial charge in [0.2, 0.25) is 0 Å². The number of rotatable bonds is 4. The largest absolute Gasteiger partial charge is 0.486 e. The Bertz CT molecular complexity index is 398. The van der Waals surface area contributed by atoms with Crippen molar-refractivity contribution in [3.8, 4) is 11.5 Å². The van der Waals surface area contributed by atoms with Crippen molar-refractivity contribution in [3.63, 3.8) is 0 Å². The third-order valence-corrected chi connectivity index (χ3v) is 2.94. The molecule has 1 atom stereocenters. The van der Waals surface area contributed by atoms with Gasteiger partial charge in [0, 0.05) is 0 Å². The van der Waals surface area contributed by atoms with Crippen LogP contribution >= 0.6 is 11.6 Å². The Labute approximate surface area is 105 Å². The van der Waals surface area contributed by atoms with E-state index in [9.17, 15) is 5.11 Å². The molecule has 1 unspecified atom stereocenters. The van der Waals surface area contributed by atoms with Crippen molar-refractivity contribution < 1.29 is 14.6 Å². The molecule has 2 rings (SSSR count). The zero-order chi connectivity index (χ0) is 12.3. The van der Waals surface area contributed by atoms with Crippen LogP contribution in [0.5, 0.6) is 11.5 Å². The van der Waals surface area contributed by atoms with E-state index in [-0.39, 0.29) is 12.6 Å². The quantitative estimate of drug-likeness (QED) is 0.863. The summed E-state index contributed by atoms with van der Waals surface area (Å²) in [6.07, 6.45) is 0. The van der Waals surface area contributed by atoms with Crippen LogP contribution in [0.25, 0.3) is 0 Å². The first-order chi connectivity index (χ1) is 8.26. The summed E-state index contributed by atoms with van der Waals surface area (Å²) in [4.78, 5) is 0. The molecule has 1 aromatic rings. The lowest BCUT2D eigenvalue weighted by Crippen LogP contribution is -2.24. The highest BCUT2D eigenvalue weighted by Gasteiger charge is 2.19. The Balaban J connectivity index is 2.32. The first kappa shape index (κ1) is 12.5. The molecule has 1 aliphatic rings. The maximum atomic E-state index is 9.33. The minimum atomic E-state index is -0.131. The van der Waals surface area contributed by atoms with Crippen LogP contribution < -0.4 is 14.8 Å². The number of ether oxygens (including phenoxy) is 2. The van der Waals surface area contributed by atoms with Crippen LogP contribution in [0.2, 0.25) is 5.02 Å². The van der Waals surface area contributed by atoms with Gasteiger partial charge in [-0.15, -0.1) is 0 Å². The minimum Gasteiger partial charge on any atom is -0.486 e. The monoisotopic (exact) mass is 257 g/mol. The summed E-state index contributed by atoms with van der Waals surface area (Å²) < 4.78 is 10.9. The van der Waals surface area contributed by atoms with Crippen LogP contribution in [0, 0.1) is 0 Å². The second-order valence-corrected chi connectivity index (χ2v) is 4.23. The number of aliphatic hydroxyl groups is 1. The molecule has 0 saturated heterocycles. The fourth-order valence-corrected chi connectivity index (χ4v) is 2.14. The molecule has 5 heteroatoms. The Morgan fingerprint density at radius 1 is 1.41 bits per heavy atom. The van der Waals surface area contributed by atoms with Gasteiger partial charge in [0.05, 0.1) is 17.7 Å². The van der Waals surface area contributed by atoms with Gasteiger partial charge in [-0.2, -0.15) is 0 Å². The summed E-state index contributed by atoms with van der Waals surface area (Å²) in [6, 6.07) is 3.54. The first-order valence-corrected chi connectivity index (χ1v) is 6.07. The molecule has 94 valence electrons. The van der Waals surface area contributed by atoms with E-state index in [1.807, 2.05) is 13.0 Å². The number of benzene rings is 1. The van der Waals surface area contributed by atoms with E-state index < -0.39 is 0 Å². The molecular weight excluding hydrogens is 242 g/mol. The van der Waals surface area contributed by atoms with Gasteiger partial charge in [-0.05, 0) is 24.2 Å². The van der Waals surface area contributed by atoms with E-state index >= 15 is 0 Å². The lowest BCUT2D eigenvalue weighted by Gasteiger charge is -2.22. The van der Waals surface area contributed by atoms with Crippen molar-refractivity contribution in [2.75, 3.05) is 26.4 Å². The van der Waals surface area contributed by atoms with Crippen LogP contribution in [0.4, 0.5) is 0 Å². The standard InChI is InChI=1S/C12H16ClNO3/c1-2-14-10(7-15)8-5-9(13)12-11(6-8)16-3-4-17-12/h5-6,10,14-15H,2-4,7H2,1H3. The molecule has 0 saturated carbocycles. The fourth-order valence-electron chi connectivity index (χ4n) is 1.87. The SMILES string of the molecule is CCNC(CO)c1cc(Cl)c2c(c1)OCCO2. The summed E-state index contributed by atoms with van der Waals surface area (Å²) in [5, 5.41) is 13.0. The number of likely N-dealkylation sites (N-methyl/N-ethyl adjacent to an activating group) is 1. The number of aliphatic hydroxyl groups excluding tert-OH is 1. The molecule has 0 fully saturated rings. The summed E-state index contributed by atoms with van der Waals surface area (Å²) in [5.41, 5.74) is 0.906. The molecule has 1 aromatic carbocycles. The Morgan fingerprint density at radius 2 is 2.18 bits per heavy atom. The van der Waals surface area contributed by atoms with Crippen LogP contribution in [0.1, 0.15) is 18.5 Å². The average Bonchev–Trinajstić information content (AvgIpc) is 2.36. The molecule has 1 aliphatic heterocycles. The normalized spacial score (nSPS) is 15.7. The molecule has 0 bridgehead atoms. The molecule has 4 nitrogen and oxygen atoms in total. The predicted octanol–water partition coefficient (Wildman–Crippen LogP) is 1.75. The molecule has 17 heavy (non-hydrogen) atoms. The molecule has 0 aromatic heterocycles. The Kier molecular flexibility index (Phi) is 4.10. The van der Waals surface area contributed by atoms with Crippen molar-refractivity contribution in [1.82, 2.24) is 5.32 Å². The molecule has 0 spiro atoms. The summed E-state index contributed by atoms with van der Waals surface area (Å²) in [5.74, 6) is 1.24. The first-order valence-electron chi connectivity index (χ1n) is 5.69. The van der Waals surface area contributed by atoms with Crippen LogP contribution in [-0.4, -0.2) is 31.5 Å². The van der Waals surface area contributed by atoms with Crippen molar-refractivity contribution in [2.45, 2.75) is 13.0 Å². The van der Waals surface area contributed by atoms with E-state index in [0.29, 0.717) is 29.7 Å². The molecule has 0 radical (unpaired) electrons. The van der Waals surface area contributed by atoms with E-state index in [1.54, 1.807) is 6.07 Å². The second-order valence-electron chi connectivity index (χ2n) is 3.82. The van der Waals surface area contributed by atoms with Gasteiger partial charge in [-0.3, -0.25) is 0 Å². The van der Waals surface area contributed by atoms with E-state index in [0.717, 1.165) is 12.1 Å². The van der Waals surface area contributed by atoms with Gasteiger partial charge in [-0.1, -0.05) is 18.5 Å². The lowest BCUT2D eigenvalue weighted by atomic mass is 10.1. The number of fused-ring (bicyclic) bond motifs is 1. The van der Waals surface area contributed by atoms with Gasteiger partial charge >= 0.3 is 0 Å². The average molecular weight is 258 g/mol. The highest BCUT2D eigenvalue weighted by atomic mass is 35.5. The van der Waals surface area contributed by atoms with Crippen molar-refractivity contribution in [2.24, 2.45) is 0 Å². The van der Waals surface area contributed by atoms with Gasteiger partial charge in [0.25, 0.3) is 0 Å². The highest BCUT2D eigenvalue weighted by molar-refractivity contribution is 6.32. The van der Waals surface area contributed by atoms with Crippen LogP contribution in [0.15, 0.2) is 12.1 Å². The van der Waals surface area contributed by atoms with Gasteiger partial charge in [-0.25, -0.2) is 0 Å².